The van der Waals surface area contributed by atoms with Crippen molar-refractivity contribution >= 4 is 11.8 Å². The van der Waals surface area contributed by atoms with Crippen molar-refractivity contribution < 1.29 is 0 Å². The highest BCUT2D eigenvalue weighted by Crippen LogP contribution is 2.30. The van der Waals surface area contributed by atoms with Gasteiger partial charge >= 0.3 is 0 Å². The van der Waals surface area contributed by atoms with E-state index in [-0.39, 0.29) is 0 Å². The number of rotatable bonds is 6. The van der Waals surface area contributed by atoms with Gasteiger partial charge in [0.2, 0.25) is 0 Å². The Kier molecular flexibility index (Phi) is 5.20. The molecule has 2 aromatic rings. The fraction of sp³-hybridized carbons (Fsp3) is 0.467. The zero-order valence-electron chi connectivity index (χ0n) is 12.5. The smallest absolute Gasteiger partial charge is 0.186 e. The molecule has 0 aliphatic heterocycles. The summed E-state index contributed by atoms with van der Waals surface area (Å²) in [5.41, 5.74) is 2.61. The maximum Gasteiger partial charge on any atom is 0.186 e. The van der Waals surface area contributed by atoms with Crippen molar-refractivity contribution in [2.45, 2.75) is 37.2 Å². The SMILES string of the molecule is CCNC(c1ccc(C)cc1)C(C)Sc1ncnn1C. The minimum absolute atomic E-state index is 0.308. The second kappa shape index (κ2) is 6.90. The van der Waals surface area contributed by atoms with Gasteiger partial charge in [0.25, 0.3) is 0 Å². The number of thioether (sulfide) groups is 1. The summed E-state index contributed by atoms with van der Waals surface area (Å²) < 4.78 is 1.82. The molecular weight excluding hydrogens is 268 g/mol. The highest BCUT2D eigenvalue weighted by molar-refractivity contribution is 7.99. The molecule has 0 aliphatic carbocycles. The molecule has 0 amide bonds. The van der Waals surface area contributed by atoms with Gasteiger partial charge < -0.3 is 5.32 Å². The molecule has 0 saturated heterocycles. The third-order valence-electron chi connectivity index (χ3n) is 3.29. The maximum absolute atomic E-state index is 4.29. The van der Waals surface area contributed by atoms with Crippen molar-refractivity contribution in [3.8, 4) is 0 Å². The van der Waals surface area contributed by atoms with E-state index < -0.39 is 0 Å². The predicted molar refractivity (Wildman–Crippen MR) is 83.9 cm³/mol. The summed E-state index contributed by atoms with van der Waals surface area (Å²) in [7, 11) is 1.93. The summed E-state index contributed by atoms with van der Waals surface area (Å²) in [6, 6.07) is 9.05. The van der Waals surface area contributed by atoms with Crippen LogP contribution in [0.3, 0.4) is 0 Å². The molecule has 2 unspecified atom stereocenters. The lowest BCUT2D eigenvalue weighted by Crippen LogP contribution is -2.28. The predicted octanol–water partition coefficient (Wildman–Crippen LogP) is 2.95. The molecule has 1 N–H and O–H groups in total. The van der Waals surface area contributed by atoms with Gasteiger partial charge in [-0.15, -0.1) is 0 Å². The molecular formula is C15H22N4S. The van der Waals surface area contributed by atoms with Gasteiger partial charge in [0, 0.05) is 18.3 Å². The van der Waals surface area contributed by atoms with Crippen LogP contribution in [-0.4, -0.2) is 26.6 Å². The fourth-order valence-corrected chi connectivity index (χ4v) is 3.20. The van der Waals surface area contributed by atoms with Crippen LogP contribution in [0.1, 0.15) is 31.0 Å². The normalized spacial score (nSPS) is 14.2. The molecule has 1 aromatic carbocycles. The Morgan fingerprint density at radius 3 is 2.55 bits per heavy atom. The van der Waals surface area contributed by atoms with Crippen LogP contribution in [-0.2, 0) is 7.05 Å². The highest BCUT2D eigenvalue weighted by atomic mass is 32.2. The Labute approximate surface area is 125 Å². The van der Waals surface area contributed by atoms with E-state index >= 15 is 0 Å². The van der Waals surface area contributed by atoms with Crippen molar-refractivity contribution in [3.05, 3.63) is 41.7 Å². The standard InChI is InChI=1S/C15H22N4S/c1-5-16-14(13-8-6-11(2)7-9-13)12(3)20-15-17-10-18-19(15)4/h6-10,12,14,16H,5H2,1-4H3. The molecule has 1 heterocycles. The molecule has 108 valence electrons. The quantitative estimate of drug-likeness (QED) is 0.831. The molecule has 20 heavy (non-hydrogen) atoms. The average molecular weight is 290 g/mol. The number of aromatic nitrogens is 3. The van der Waals surface area contributed by atoms with E-state index in [2.05, 4.69) is 60.4 Å². The summed E-state index contributed by atoms with van der Waals surface area (Å²) in [4.78, 5) is 4.29. The monoisotopic (exact) mass is 290 g/mol. The molecule has 1 aromatic heterocycles. The first-order chi connectivity index (χ1) is 9.61. The van der Waals surface area contributed by atoms with Crippen LogP contribution in [0.2, 0.25) is 0 Å². The third kappa shape index (κ3) is 3.61. The van der Waals surface area contributed by atoms with Crippen molar-refractivity contribution in [2.24, 2.45) is 7.05 Å². The van der Waals surface area contributed by atoms with Crippen LogP contribution in [0.25, 0.3) is 0 Å². The number of nitrogens with one attached hydrogen (secondary N) is 1. The van der Waals surface area contributed by atoms with E-state index in [1.807, 2.05) is 11.7 Å². The van der Waals surface area contributed by atoms with Gasteiger partial charge in [0.15, 0.2) is 5.16 Å². The fourth-order valence-electron chi connectivity index (χ4n) is 2.18. The summed E-state index contributed by atoms with van der Waals surface area (Å²) in [5, 5.41) is 9.02. The first-order valence-electron chi connectivity index (χ1n) is 6.92. The van der Waals surface area contributed by atoms with Gasteiger partial charge in [-0.2, -0.15) is 5.10 Å². The van der Waals surface area contributed by atoms with Crippen LogP contribution in [0.15, 0.2) is 35.7 Å². The van der Waals surface area contributed by atoms with Crippen LogP contribution in [0.5, 0.6) is 0 Å². The second-order valence-corrected chi connectivity index (χ2v) is 6.28. The molecule has 0 bridgehead atoms. The zero-order chi connectivity index (χ0) is 14.5. The van der Waals surface area contributed by atoms with Crippen LogP contribution in [0.4, 0.5) is 0 Å². The Morgan fingerprint density at radius 1 is 1.30 bits per heavy atom. The Balaban J connectivity index is 2.15. The summed E-state index contributed by atoms with van der Waals surface area (Å²) in [6.45, 7) is 7.43. The second-order valence-electron chi connectivity index (χ2n) is 4.94. The van der Waals surface area contributed by atoms with Crippen LogP contribution >= 0.6 is 11.8 Å². The Bertz CT molecular complexity index is 535. The topological polar surface area (TPSA) is 42.7 Å². The molecule has 0 saturated carbocycles. The lowest BCUT2D eigenvalue weighted by molar-refractivity contribution is 0.545. The molecule has 0 aliphatic rings. The first kappa shape index (κ1) is 15.1. The first-order valence-corrected chi connectivity index (χ1v) is 7.80. The number of benzene rings is 1. The van der Waals surface area contributed by atoms with E-state index in [4.69, 9.17) is 0 Å². The Hall–Kier alpha value is -1.33. The largest absolute Gasteiger partial charge is 0.309 e. The van der Waals surface area contributed by atoms with Gasteiger partial charge in [0.05, 0.1) is 0 Å². The van der Waals surface area contributed by atoms with Crippen LogP contribution in [0, 0.1) is 6.92 Å². The summed E-state index contributed by atoms with van der Waals surface area (Å²) >= 11 is 1.75. The lowest BCUT2D eigenvalue weighted by Gasteiger charge is -2.24. The van der Waals surface area contributed by atoms with Crippen molar-refractivity contribution in [2.75, 3.05) is 6.54 Å². The van der Waals surface area contributed by atoms with Crippen molar-refractivity contribution in [1.82, 2.24) is 20.1 Å². The third-order valence-corrected chi connectivity index (χ3v) is 4.52. The lowest BCUT2D eigenvalue weighted by atomic mass is 10.0. The number of hydrogen-bond donors (Lipinski definition) is 1. The molecule has 5 heteroatoms. The van der Waals surface area contributed by atoms with E-state index in [1.165, 1.54) is 11.1 Å². The summed E-state index contributed by atoms with van der Waals surface area (Å²) in [6.07, 6.45) is 1.60. The number of nitrogens with zero attached hydrogens (tertiary/aromatic N) is 3. The van der Waals surface area contributed by atoms with E-state index in [9.17, 15) is 0 Å². The van der Waals surface area contributed by atoms with Gasteiger partial charge in [-0.3, -0.25) is 0 Å². The van der Waals surface area contributed by atoms with E-state index in [0.717, 1.165) is 11.7 Å². The number of aryl methyl sites for hydroxylation is 2. The van der Waals surface area contributed by atoms with Crippen molar-refractivity contribution in [3.63, 3.8) is 0 Å². The molecule has 2 rings (SSSR count). The van der Waals surface area contributed by atoms with E-state index in [1.54, 1.807) is 18.1 Å². The van der Waals surface area contributed by atoms with E-state index in [0.29, 0.717) is 11.3 Å². The average Bonchev–Trinajstić information content (AvgIpc) is 2.83. The molecule has 2 atom stereocenters. The highest BCUT2D eigenvalue weighted by Gasteiger charge is 2.21. The van der Waals surface area contributed by atoms with Gasteiger partial charge in [0.1, 0.15) is 6.33 Å². The van der Waals surface area contributed by atoms with Gasteiger partial charge in [-0.25, -0.2) is 9.67 Å². The minimum Gasteiger partial charge on any atom is -0.309 e. The number of hydrogen-bond acceptors (Lipinski definition) is 4. The van der Waals surface area contributed by atoms with Gasteiger partial charge in [-0.05, 0) is 19.0 Å². The summed E-state index contributed by atoms with van der Waals surface area (Å²) in [5.74, 6) is 0. The molecule has 0 radical (unpaired) electrons. The van der Waals surface area contributed by atoms with Crippen molar-refractivity contribution in [1.29, 1.82) is 0 Å². The minimum atomic E-state index is 0.308. The molecule has 0 spiro atoms. The maximum atomic E-state index is 4.29. The van der Waals surface area contributed by atoms with Gasteiger partial charge in [-0.1, -0.05) is 55.4 Å². The molecule has 0 fully saturated rings. The van der Waals surface area contributed by atoms with Crippen LogP contribution < -0.4 is 5.32 Å². The Morgan fingerprint density at radius 2 is 2.00 bits per heavy atom. The zero-order valence-corrected chi connectivity index (χ0v) is 13.3. The molecule has 4 nitrogen and oxygen atoms in total.